The zero-order valence-electron chi connectivity index (χ0n) is 8.30. The average molecular weight is 238 g/mol. The van der Waals surface area contributed by atoms with Gasteiger partial charge in [-0.1, -0.05) is 0 Å². The molecule has 16 heavy (non-hydrogen) atoms. The van der Waals surface area contributed by atoms with Crippen LogP contribution >= 0.6 is 0 Å². The zero-order valence-corrected chi connectivity index (χ0v) is 8.30. The van der Waals surface area contributed by atoms with Crippen molar-refractivity contribution in [1.82, 2.24) is 5.32 Å². The molecular formula is C9H15N2NaO4. The topological polar surface area (TPSA) is 113 Å². The molecule has 6 nitrogen and oxygen atoms in total. The van der Waals surface area contributed by atoms with Crippen LogP contribution in [0.5, 0.6) is 0 Å². The number of carboxylic acids is 1. The molecule has 86 valence electrons. The molecular weight excluding hydrogens is 223 g/mol. The Bertz CT molecular complexity index is 319. The maximum atomic E-state index is 10.8. The van der Waals surface area contributed by atoms with Crippen molar-refractivity contribution in [1.29, 1.82) is 0 Å². The van der Waals surface area contributed by atoms with E-state index in [0.29, 0.717) is 0 Å². The van der Waals surface area contributed by atoms with E-state index in [2.05, 4.69) is 5.32 Å². The van der Waals surface area contributed by atoms with Crippen LogP contribution in [0, 0.1) is 0 Å². The van der Waals surface area contributed by atoms with Gasteiger partial charge in [-0.2, -0.15) is 0 Å². The van der Waals surface area contributed by atoms with Gasteiger partial charge >= 0.3 is 35.5 Å². The molecule has 0 radical (unpaired) electrons. The van der Waals surface area contributed by atoms with Gasteiger partial charge in [-0.3, -0.25) is 4.79 Å². The van der Waals surface area contributed by atoms with Crippen molar-refractivity contribution >= 4 is 41.4 Å². The SMILES string of the molecule is CC(=O)NC1C(O)C=C(C(=O)O)CC1N.[NaH]. The van der Waals surface area contributed by atoms with Crippen LogP contribution in [0.15, 0.2) is 11.6 Å². The molecule has 0 saturated heterocycles. The molecule has 1 aliphatic rings. The Kier molecular flexibility index (Phi) is 6.20. The molecule has 0 aliphatic heterocycles. The molecule has 0 saturated carbocycles. The molecule has 0 heterocycles. The molecule has 3 unspecified atom stereocenters. The Morgan fingerprint density at radius 2 is 2.12 bits per heavy atom. The van der Waals surface area contributed by atoms with Crippen molar-refractivity contribution in [2.24, 2.45) is 5.73 Å². The van der Waals surface area contributed by atoms with Crippen LogP contribution in [0.25, 0.3) is 0 Å². The van der Waals surface area contributed by atoms with Crippen molar-refractivity contribution in [3.05, 3.63) is 11.6 Å². The summed E-state index contributed by atoms with van der Waals surface area (Å²) in [6, 6.07) is -1.20. The number of aliphatic hydroxyl groups excluding tert-OH is 1. The fraction of sp³-hybridized carbons (Fsp3) is 0.556. The summed E-state index contributed by atoms with van der Waals surface area (Å²) >= 11 is 0. The van der Waals surface area contributed by atoms with Gasteiger partial charge in [0, 0.05) is 18.5 Å². The van der Waals surface area contributed by atoms with Crippen LogP contribution < -0.4 is 11.1 Å². The number of carboxylic acid groups (broad SMARTS) is 1. The molecule has 0 aromatic heterocycles. The van der Waals surface area contributed by atoms with Gasteiger partial charge in [0.15, 0.2) is 0 Å². The second-order valence-electron chi connectivity index (χ2n) is 3.58. The molecule has 0 aromatic rings. The van der Waals surface area contributed by atoms with Crippen LogP contribution in [-0.4, -0.2) is 69.8 Å². The van der Waals surface area contributed by atoms with Crippen LogP contribution in [-0.2, 0) is 9.59 Å². The summed E-state index contributed by atoms with van der Waals surface area (Å²) in [4.78, 5) is 21.5. The summed E-state index contributed by atoms with van der Waals surface area (Å²) in [6.45, 7) is 1.32. The minimum atomic E-state index is -1.09. The van der Waals surface area contributed by atoms with Crippen LogP contribution in [0.1, 0.15) is 13.3 Å². The predicted octanol–water partition coefficient (Wildman–Crippen LogP) is -2.05. The second-order valence-corrected chi connectivity index (χ2v) is 3.58. The second kappa shape index (κ2) is 6.36. The van der Waals surface area contributed by atoms with E-state index in [1.54, 1.807) is 0 Å². The van der Waals surface area contributed by atoms with E-state index in [4.69, 9.17) is 10.8 Å². The summed E-state index contributed by atoms with van der Waals surface area (Å²) in [5, 5.41) is 20.8. The van der Waals surface area contributed by atoms with E-state index in [0.717, 1.165) is 0 Å². The summed E-state index contributed by atoms with van der Waals surface area (Å²) in [6.07, 6.45) is 0.299. The first-order chi connectivity index (χ1) is 6.91. The molecule has 1 rings (SSSR count). The van der Waals surface area contributed by atoms with Crippen LogP contribution in [0.4, 0.5) is 0 Å². The number of carbonyl (C=O) groups excluding carboxylic acids is 1. The van der Waals surface area contributed by atoms with E-state index >= 15 is 0 Å². The Labute approximate surface area is 115 Å². The molecule has 5 N–H and O–H groups in total. The van der Waals surface area contributed by atoms with Gasteiger partial charge in [0.2, 0.25) is 5.91 Å². The number of rotatable bonds is 2. The predicted molar refractivity (Wildman–Crippen MR) is 59.1 cm³/mol. The van der Waals surface area contributed by atoms with Gasteiger partial charge in [0.25, 0.3) is 0 Å². The molecule has 7 heteroatoms. The number of nitrogens with one attached hydrogen (secondary N) is 1. The summed E-state index contributed by atoms with van der Waals surface area (Å²) in [5.41, 5.74) is 5.75. The minimum absolute atomic E-state index is 0. The Hall–Kier alpha value is -0.400. The first-order valence-electron chi connectivity index (χ1n) is 4.56. The molecule has 1 amide bonds. The third-order valence-electron chi connectivity index (χ3n) is 2.30. The van der Waals surface area contributed by atoms with Gasteiger partial charge in [-0.25, -0.2) is 4.79 Å². The zero-order chi connectivity index (χ0) is 11.6. The summed E-state index contributed by atoms with van der Waals surface area (Å²) in [5.74, 6) is -1.40. The number of carbonyl (C=O) groups is 2. The summed E-state index contributed by atoms with van der Waals surface area (Å²) < 4.78 is 0. The Morgan fingerprint density at radius 3 is 2.50 bits per heavy atom. The quantitative estimate of drug-likeness (QED) is 0.413. The standard InChI is InChI=1S/C9H14N2O4.Na.H/c1-4(12)11-8-6(10)2-5(9(14)15)3-7(8)13;;/h3,6-8,13H,2,10H2,1H3,(H,11,12)(H,14,15);;. The molecule has 0 bridgehead atoms. The normalized spacial score (nSPS) is 28.7. The van der Waals surface area contributed by atoms with Gasteiger partial charge in [0.05, 0.1) is 12.1 Å². The first kappa shape index (κ1) is 15.6. The van der Waals surface area contributed by atoms with Crippen LogP contribution in [0.2, 0.25) is 0 Å². The Morgan fingerprint density at radius 1 is 1.56 bits per heavy atom. The monoisotopic (exact) mass is 238 g/mol. The van der Waals surface area contributed by atoms with Crippen molar-refractivity contribution in [2.45, 2.75) is 31.5 Å². The number of hydrogen-bond donors (Lipinski definition) is 4. The number of nitrogens with two attached hydrogens (primary N) is 1. The number of aliphatic carboxylic acids is 1. The molecule has 0 spiro atoms. The van der Waals surface area contributed by atoms with E-state index < -0.39 is 24.2 Å². The van der Waals surface area contributed by atoms with Crippen molar-refractivity contribution in [3.8, 4) is 0 Å². The molecule has 1 aliphatic carbocycles. The fourth-order valence-corrected chi connectivity index (χ4v) is 1.60. The van der Waals surface area contributed by atoms with Crippen molar-refractivity contribution in [3.63, 3.8) is 0 Å². The van der Waals surface area contributed by atoms with Gasteiger partial charge in [-0.15, -0.1) is 0 Å². The fourth-order valence-electron chi connectivity index (χ4n) is 1.60. The van der Waals surface area contributed by atoms with Gasteiger partial charge < -0.3 is 21.3 Å². The third-order valence-corrected chi connectivity index (χ3v) is 2.30. The number of aliphatic hydroxyl groups is 1. The number of amides is 1. The Balaban J connectivity index is 0.00000225. The van der Waals surface area contributed by atoms with Crippen LogP contribution in [0.3, 0.4) is 0 Å². The van der Waals surface area contributed by atoms with E-state index in [-0.39, 0.29) is 47.5 Å². The van der Waals surface area contributed by atoms with Gasteiger partial charge in [-0.05, 0) is 12.5 Å². The summed E-state index contributed by atoms with van der Waals surface area (Å²) in [7, 11) is 0. The average Bonchev–Trinajstić information content (AvgIpc) is 2.10. The molecule has 0 aromatic carbocycles. The molecule has 3 atom stereocenters. The van der Waals surface area contributed by atoms with Crippen molar-refractivity contribution < 1.29 is 19.8 Å². The number of hydrogen-bond acceptors (Lipinski definition) is 4. The maximum absolute atomic E-state index is 10.8. The van der Waals surface area contributed by atoms with Gasteiger partial charge in [0.1, 0.15) is 0 Å². The third kappa shape index (κ3) is 3.88. The van der Waals surface area contributed by atoms with Crippen molar-refractivity contribution in [2.75, 3.05) is 0 Å². The first-order valence-corrected chi connectivity index (χ1v) is 4.56. The van der Waals surface area contributed by atoms with E-state index in [1.807, 2.05) is 0 Å². The molecule has 0 fully saturated rings. The van der Waals surface area contributed by atoms with E-state index in [9.17, 15) is 14.7 Å². The van der Waals surface area contributed by atoms with E-state index in [1.165, 1.54) is 13.0 Å².